The molecule has 1 aliphatic rings. The van der Waals surface area contributed by atoms with Crippen LogP contribution >= 0.6 is 15.9 Å². The van der Waals surface area contributed by atoms with Crippen molar-refractivity contribution in [3.63, 3.8) is 0 Å². The average Bonchev–Trinajstić information content (AvgIpc) is 2.29. The lowest BCUT2D eigenvalue weighted by atomic mass is 9.67. The summed E-state index contributed by atoms with van der Waals surface area (Å²) in [6, 6.07) is 9.03. The van der Waals surface area contributed by atoms with Crippen molar-refractivity contribution >= 4 is 15.9 Å². The summed E-state index contributed by atoms with van der Waals surface area (Å²) in [5.41, 5.74) is 3.57. The molecule has 1 unspecified atom stereocenters. The van der Waals surface area contributed by atoms with Crippen LogP contribution in [-0.2, 0) is 11.8 Å². The van der Waals surface area contributed by atoms with Gasteiger partial charge in [-0.25, -0.2) is 0 Å². The second-order valence-corrected chi connectivity index (χ2v) is 6.08. The molecular weight excluding hydrogens is 260 g/mol. The lowest BCUT2D eigenvalue weighted by Gasteiger charge is -2.39. The first kappa shape index (κ1) is 12.2. The third-order valence-corrected chi connectivity index (χ3v) is 4.82. The van der Waals surface area contributed by atoms with Gasteiger partial charge in [0.05, 0.1) is 0 Å². The number of rotatable bonds is 3. The number of aryl methyl sites for hydroxylation is 1. The van der Waals surface area contributed by atoms with Gasteiger partial charge >= 0.3 is 0 Å². The summed E-state index contributed by atoms with van der Waals surface area (Å²) in [6.45, 7) is 4.67. The van der Waals surface area contributed by atoms with Gasteiger partial charge in [-0.3, -0.25) is 0 Å². The Kier molecular flexibility index (Phi) is 3.73. The molecule has 1 aliphatic carbocycles. The van der Waals surface area contributed by atoms with Crippen LogP contribution in [-0.4, -0.2) is 5.33 Å². The Hall–Kier alpha value is -0.300. The van der Waals surface area contributed by atoms with E-state index in [2.05, 4.69) is 54.0 Å². The minimum Gasteiger partial charge on any atom is -0.0918 e. The van der Waals surface area contributed by atoms with Crippen molar-refractivity contribution in [1.29, 1.82) is 0 Å². The van der Waals surface area contributed by atoms with Gasteiger partial charge in [0.15, 0.2) is 0 Å². The third-order valence-electron chi connectivity index (χ3n) is 3.74. The molecule has 0 amide bonds. The van der Waals surface area contributed by atoms with E-state index in [1.807, 2.05) is 0 Å². The molecule has 0 N–H and O–H groups in total. The van der Waals surface area contributed by atoms with Gasteiger partial charge in [-0.1, -0.05) is 54.0 Å². The zero-order valence-electron chi connectivity index (χ0n) is 10.3. The quantitative estimate of drug-likeness (QED) is 0.704. The van der Waals surface area contributed by atoms with E-state index >= 15 is 0 Å². The Morgan fingerprint density at radius 2 is 2.06 bits per heavy atom. The zero-order chi connectivity index (χ0) is 11.6. The largest absolute Gasteiger partial charge is 0.0918 e. The molecule has 1 aromatic rings. The van der Waals surface area contributed by atoms with Crippen LogP contribution in [0.25, 0.3) is 0 Å². The van der Waals surface area contributed by atoms with Gasteiger partial charge in [-0.15, -0.1) is 0 Å². The van der Waals surface area contributed by atoms with Crippen molar-refractivity contribution in [2.45, 2.75) is 44.9 Å². The fourth-order valence-corrected chi connectivity index (χ4v) is 4.01. The van der Waals surface area contributed by atoms with Gasteiger partial charge in [0.2, 0.25) is 0 Å². The summed E-state index contributed by atoms with van der Waals surface area (Å²) in [7, 11) is 0. The predicted molar refractivity (Wildman–Crippen MR) is 74.3 cm³/mol. The summed E-state index contributed by atoms with van der Waals surface area (Å²) >= 11 is 3.77. The maximum absolute atomic E-state index is 3.77. The first-order chi connectivity index (χ1) is 7.68. The van der Waals surface area contributed by atoms with E-state index in [-0.39, 0.29) is 0 Å². The highest BCUT2D eigenvalue weighted by molar-refractivity contribution is 9.09. The highest BCUT2D eigenvalue weighted by Gasteiger charge is 2.35. The van der Waals surface area contributed by atoms with Crippen LogP contribution < -0.4 is 0 Å². The summed E-state index contributed by atoms with van der Waals surface area (Å²) < 4.78 is 0. The minimum absolute atomic E-state index is 0.392. The summed E-state index contributed by atoms with van der Waals surface area (Å²) in [6.07, 6.45) is 5.25. The van der Waals surface area contributed by atoms with Crippen molar-refractivity contribution < 1.29 is 0 Å². The molecule has 1 aromatic carbocycles. The van der Waals surface area contributed by atoms with Gasteiger partial charge in [0.25, 0.3) is 0 Å². The molecule has 88 valence electrons. The number of hydrogen-bond donors (Lipinski definition) is 0. The van der Waals surface area contributed by atoms with Crippen LogP contribution in [0, 0.1) is 5.92 Å². The molecule has 0 bridgehead atoms. The summed E-state index contributed by atoms with van der Waals surface area (Å²) in [5.74, 6) is 0.767. The molecule has 0 nitrogen and oxygen atoms in total. The van der Waals surface area contributed by atoms with E-state index in [9.17, 15) is 0 Å². The standard InChI is InChI=1S/C15H21Br/c1-12(2)10-15(11-16)9-5-7-13-6-3-4-8-14(13)15/h3-4,6,8,12H,5,7,9-11H2,1-2H3. The van der Waals surface area contributed by atoms with E-state index < -0.39 is 0 Å². The minimum atomic E-state index is 0.392. The molecule has 0 spiro atoms. The van der Waals surface area contributed by atoms with Crippen molar-refractivity contribution in [3.8, 4) is 0 Å². The molecule has 0 fully saturated rings. The predicted octanol–water partition coefficient (Wildman–Crippen LogP) is 4.70. The maximum atomic E-state index is 3.77. The van der Waals surface area contributed by atoms with E-state index in [0.29, 0.717) is 5.41 Å². The maximum Gasteiger partial charge on any atom is 0.0129 e. The van der Waals surface area contributed by atoms with E-state index in [0.717, 1.165) is 11.2 Å². The summed E-state index contributed by atoms with van der Waals surface area (Å²) in [4.78, 5) is 0. The normalized spacial score (nSPS) is 24.5. The topological polar surface area (TPSA) is 0 Å². The molecule has 2 rings (SSSR count). The van der Waals surface area contributed by atoms with Crippen LogP contribution in [0.5, 0.6) is 0 Å². The number of benzene rings is 1. The highest BCUT2D eigenvalue weighted by atomic mass is 79.9. The second kappa shape index (κ2) is 4.91. The van der Waals surface area contributed by atoms with Crippen LogP contribution in [0.15, 0.2) is 24.3 Å². The monoisotopic (exact) mass is 280 g/mol. The average molecular weight is 281 g/mol. The Balaban J connectivity index is 2.40. The van der Waals surface area contributed by atoms with Crippen LogP contribution in [0.2, 0.25) is 0 Å². The number of hydrogen-bond acceptors (Lipinski definition) is 0. The molecule has 0 saturated carbocycles. The summed E-state index contributed by atoms with van der Waals surface area (Å²) in [5, 5.41) is 1.11. The number of alkyl halides is 1. The van der Waals surface area contributed by atoms with Crippen LogP contribution in [0.1, 0.15) is 44.2 Å². The number of halogens is 1. The second-order valence-electron chi connectivity index (χ2n) is 5.52. The fraction of sp³-hybridized carbons (Fsp3) is 0.600. The van der Waals surface area contributed by atoms with Crippen molar-refractivity contribution in [3.05, 3.63) is 35.4 Å². The van der Waals surface area contributed by atoms with Crippen molar-refractivity contribution in [2.75, 3.05) is 5.33 Å². The number of fused-ring (bicyclic) bond motifs is 1. The molecule has 0 saturated heterocycles. The molecule has 1 heteroatoms. The molecule has 16 heavy (non-hydrogen) atoms. The Morgan fingerprint density at radius 1 is 1.31 bits per heavy atom. The van der Waals surface area contributed by atoms with Gasteiger partial charge in [-0.2, -0.15) is 0 Å². The smallest absolute Gasteiger partial charge is 0.0129 e. The third kappa shape index (κ3) is 2.20. The van der Waals surface area contributed by atoms with Crippen LogP contribution in [0.3, 0.4) is 0 Å². The Labute approximate surface area is 108 Å². The van der Waals surface area contributed by atoms with E-state index in [1.165, 1.54) is 25.7 Å². The van der Waals surface area contributed by atoms with Gasteiger partial charge < -0.3 is 0 Å². The molecule has 1 atom stereocenters. The van der Waals surface area contributed by atoms with E-state index in [4.69, 9.17) is 0 Å². The lowest BCUT2D eigenvalue weighted by Crippen LogP contribution is -2.34. The molecule has 0 aromatic heterocycles. The first-order valence-corrected chi connectivity index (χ1v) is 7.44. The van der Waals surface area contributed by atoms with E-state index in [1.54, 1.807) is 11.1 Å². The molecule has 0 aliphatic heterocycles. The van der Waals surface area contributed by atoms with Gasteiger partial charge in [0.1, 0.15) is 0 Å². The Bertz CT molecular complexity index is 356. The van der Waals surface area contributed by atoms with Gasteiger partial charge in [-0.05, 0) is 42.7 Å². The molecule has 0 radical (unpaired) electrons. The van der Waals surface area contributed by atoms with Gasteiger partial charge in [0, 0.05) is 10.7 Å². The SMILES string of the molecule is CC(C)CC1(CBr)CCCc2ccccc21. The van der Waals surface area contributed by atoms with Crippen LogP contribution in [0.4, 0.5) is 0 Å². The highest BCUT2D eigenvalue weighted by Crippen LogP contribution is 2.43. The lowest BCUT2D eigenvalue weighted by molar-refractivity contribution is 0.329. The van der Waals surface area contributed by atoms with Crippen molar-refractivity contribution in [1.82, 2.24) is 0 Å². The zero-order valence-corrected chi connectivity index (χ0v) is 11.9. The Morgan fingerprint density at radius 3 is 2.75 bits per heavy atom. The first-order valence-electron chi connectivity index (χ1n) is 6.32. The van der Waals surface area contributed by atoms with Crippen molar-refractivity contribution in [2.24, 2.45) is 5.92 Å². The molecule has 0 heterocycles. The molecular formula is C15H21Br. The fourth-order valence-electron chi connectivity index (χ4n) is 3.19.